The van der Waals surface area contributed by atoms with Crippen molar-refractivity contribution in [2.45, 2.75) is 39.0 Å². The number of carbonyl (C=O) groups excluding carboxylic acids is 3. The Kier molecular flexibility index (Phi) is 6.53. The van der Waals surface area contributed by atoms with E-state index in [1.165, 1.54) is 24.3 Å². The van der Waals surface area contributed by atoms with Crippen LogP contribution in [0.3, 0.4) is 0 Å². The van der Waals surface area contributed by atoms with Crippen molar-refractivity contribution < 1.29 is 18.8 Å². The molecule has 168 valence electrons. The van der Waals surface area contributed by atoms with Gasteiger partial charge in [0.2, 0.25) is 11.8 Å². The summed E-state index contributed by atoms with van der Waals surface area (Å²) < 4.78 is 13.2. The number of likely N-dealkylation sites (tertiary alicyclic amines) is 1. The van der Waals surface area contributed by atoms with E-state index in [1.54, 1.807) is 4.90 Å². The smallest absolute Gasteiger partial charge is 0.255 e. The van der Waals surface area contributed by atoms with Crippen LogP contribution in [0.2, 0.25) is 0 Å². The van der Waals surface area contributed by atoms with E-state index in [4.69, 9.17) is 0 Å². The number of nitrogens with one attached hydrogen (secondary N) is 1. The Morgan fingerprint density at radius 3 is 2.59 bits per heavy atom. The monoisotopic (exact) mass is 437 g/mol. The van der Waals surface area contributed by atoms with Crippen molar-refractivity contribution in [1.82, 2.24) is 4.90 Å². The maximum absolute atomic E-state index is 13.4. The predicted octanol–water partition coefficient (Wildman–Crippen LogP) is 4.01. The fourth-order valence-corrected chi connectivity index (χ4v) is 4.62. The van der Waals surface area contributed by atoms with Gasteiger partial charge in [-0.2, -0.15) is 0 Å². The number of hydrogen-bond acceptors (Lipinski definition) is 3. The molecule has 7 heteroatoms. The van der Waals surface area contributed by atoms with Crippen LogP contribution in [0, 0.1) is 11.7 Å². The summed E-state index contributed by atoms with van der Waals surface area (Å²) in [6, 6.07) is 11.0. The molecule has 0 bridgehead atoms. The van der Waals surface area contributed by atoms with E-state index >= 15 is 0 Å². The summed E-state index contributed by atoms with van der Waals surface area (Å²) in [5, 5.41) is 2.92. The van der Waals surface area contributed by atoms with E-state index in [0.717, 1.165) is 36.9 Å². The van der Waals surface area contributed by atoms with Crippen LogP contribution in [0.4, 0.5) is 15.8 Å². The van der Waals surface area contributed by atoms with Crippen LogP contribution in [0.5, 0.6) is 0 Å². The Morgan fingerprint density at radius 2 is 1.84 bits per heavy atom. The third kappa shape index (κ3) is 4.52. The van der Waals surface area contributed by atoms with Crippen LogP contribution < -0.4 is 10.2 Å². The van der Waals surface area contributed by atoms with Gasteiger partial charge in [-0.3, -0.25) is 14.4 Å². The maximum Gasteiger partial charge on any atom is 0.255 e. The topological polar surface area (TPSA) is 69.7 Å². The number of hydrogen-bond donors (Lipinski definition) is 1. The normalized spacial score (nSPS) is 18.1. The molecular formula is C25H28FN3O3. The molecule has 2 heterocycles. The second-order valence-electron chi connectivity index (χ2n) is 8.39. The molecule has 0 radical (unpaired) electrons. The van der Waals surface area contributed by atoms with E-state index < -0.39 is 5.82 Å². The van der Waals surface area contributed by atoms with Crippen LogP contribution in [-0.4, -0.2) is 42.3 Å². The molecule has 2 aromatic carbocycles. The third-order valence-electron chi connectivity index (χ3n) is 6.30. The highest BCUT2D eigenvalue weighted by molar-refractivity contribution is 6.06. The molecule has 1 atom stereocenters. The summed E-state index contributed by atoms with van der Waals surface area (Å²) in [5.74, 6) is -0.783. The zero-order valence-electron chi connectivity index (χ0n) is 18.3. The molecule has 1 unspecified atom stereocenters. The van der Waals surface area contributed by atoms with Crippen LogP contribution in [-0.2, 0) is 16.0 Å². The summed E-state index contributed by atoms with van der Waals surface area (Å²) >= 11 is 0. The average molecular weight is 438 g/mol. The summed E-state index contributed by atoms with van der Waals surface area (Å²) in [5.41, 5.74) is 2.79. The minimum absolute atomic E-state index is 0.0431. The van der Waals surface area contributed by atoms with E-state index in [2.05, 4.69) is 5.32 Å². The largest absolute Gasteiger partial charge is 0.342 e. The van der Waals surface area contributed by atoms with Gasteiger partial charge in [0.1, 0.15) is 5.82 Å². The second kappa shape index (κ2) is 9.51. The van der Waals surface area contributed by atoms with Crippen molar-refractivity contribution in [3.63, 3.8) is 0 Å². The summed E-state index contributed by atoms with van der Waals surface area (Å²) in [6.07, 6.45) is 3.61. The summed E-state index contributed by atoms with van der Waals surface area (Å²) in [6.45, 7) is 3.65. The highest BCUT2D eigenvalue weighted by Gasteiger charge is 2.33. The number of benzene rings is 2. The van der Waals surface area contributed by atoms with Gasteiger partial charge in [0.25, 0.3) is 5.91 Å². The first kappa shape index (κ1) is 22.0. The zero-order chi connectivity index (χ0) is 22.7. The molecule has 3 amide bonds. The van der Waals surface area contributed by atoms with Crippen molar-refractivity contribution in [2.75, 3.05) is 29.9 Å². The van der Waals surface area contributed by atoms with E-state index in [9.17, 15) is 18.8 Å². The molecule has 6 nitrogen and oxygen atoms in total. The number of amides is 3. The fraction of sp³-hybridized carbons (Fsp3) is 0.400. The molecular weight excluding hydrogens is 409 g/mol. The van der Waals surface area contributed by atoms with E-state index in [-0.39, 0.29) is 23.6 Å². The average Bonchev–Trinajstić information content (AvgIpc) is 2.83. The van der Waals surface area contributed by atoms with Gasteiger partial charge < -0.3 is 15.1 Å². The van der Waals surface area contributed by atoms with Gasteiger partial charge in [-0.15, -0.1) is 0 Å². The molecule has 0 aromatic heterocycles. The Hall–Kier alpha value is -3.22. The molecule has 0 spiro atoms. The lowest BCUT2D eigenvalue weighted by Crippen LogP contribution is -2.48. The van der Waals surface area contributed by atoms with Crippen molar-refractivity contribution >= 4 is 29.1 Å². The maximum atomic E-state index is 13.4. The molecule has 1 fully saturated rings. The quantitative estimate of drug-likeness (QED) is 0.786. The first-order chi connectivity index (χ1) is 15.5. The highest BCUT2D eigenvalue weighted by Crippen LogP contribution is 2.35. The molecule has 2 aliphatic rings. The first-order valence-corrected chi connectivity index (χ1v) is 11.3. The van der Waals surface area contributed by atoms with Crippen LogP contribution >= 0.6 is 0 Å². The van der Waals surface area contributed by atoms with Gasteiger partial charge >= 0.3 is 0 Å². The lowest BCUT2D eigenvalue weighted by Gasteiger charge is -2.37. The number of rotatable bonds is 4. The number of piperidine rings is 1. The van der Waals surface area contributed by atoms with Gasteiger partial charge in [0.05, 0.1) is 5.92 Å². The van der Waals surface area contributed by atoms with Crippen LogP contribution in [0.15, 0.2) is 42.5 Å². The van der Waals surface area contributed by atoms with Gasteiger partial charge in [0, 0.05) is 43.0 Å². The van der Waals surface area contributed by atoms with Crippen LogP contribution in [0.1, 0.15) is 48.5 Å². The van der Waals surface area contributed by atoms with Crippen LogP contribution in [0.25, 0.3) is 0 Å². The van der Waals surface area contributed by atoms with Gasteiger partial charge in [0.15, 0.2) is 0 Å². The number of nitrogens with zero attached hydrogens (tertiary/aromatic N) is 2. The Morgan fingerprint density at radius 1 is 1.06 bits per heavy atom. The van der Waals surface area contributed by atoms with Gasteiger partial charge in [-0.1, -0.05) is 13.0 Å². The predicted molar refractivity (Wildman–Crippen MR) is 121 cm³/mol. The van der Waals surface area contributed by atoms with Gasteiger partial charge in [-0.05, 0) is 67.6 Å². The first-order valence-electron chi connectivity index (χ1n) is 11.3. The molecule has 1 saturated heterocycles. The van der Waals surface area contributed by atoms with Crippen molar-refractivity contribution in [3.8, 4) is 0 Å². The molecule has 0 saturated carbocycles. The molecule has 2 aromatic rings. The summed E-state index contributed by atoms with van der Waals surface area (Å²) in [7, 11) is 0. The standard InChI is InChI=1S/C25H28FN3O3/c1-2-23(30)28-14-4-6-18(16-28)25(32)29-15-5-7-20-21(8-3-9-22(20)29)27-24(31)17-10-12-19(26)13-11-17/h3,8-13,18H,2,4-7,14-16H2,1H3,(H,27,31). The minimum Gasteiger partial charge on any atom is -0.342 e. The lowest BCUT2D eigenvalue weighted by atomic mass is 9.93. The Labute approximate surface area is 187 Å². The highest BCUT2D eigenvalue weighted by atomic mass is 19.1. The number of fused-ring (bicyclic) bond motifs is 1. The fourth-order valence-electron chi connectivity index (χ4n) is 4.62. The molecule has 1 N–H and O–H groups in total. The molecule has 4 rings (SSSR count). The number of halogens is 1. The van der Waals surface area contributed by atoms with Crippen molar-refractivity contribution in [1.29, 1.82) is 0 Å². The number of carbonyl (C=O) groups is 3. The molecule has 32 heavy (non-hydrogen) atoms. The Balaban J connectivity index is 1.54. The summed E-state index contributed by atoms with van der Waals surface area (Å²) in [4.78, 5) is 41.8. The minimum atomic E-state index is -0.394. The van der Waals surface area contributed by atoms with Crippen molar-refractivity contribution in [2.24, 2.45) is 5.92 Å². The van der Waals surface area contributed by atoms with E-state index in [1.807, 2.05) is 30.0 Å². The zero-order valence-corrected chi connectivity index (χ0v) is 18.3. The molecule has 2 aliphatic heterocycles. The SMILES string of the molecule is CCC(=O)N1CCCC(C(=O)N2CCCc3c(NC(=O)c4ccc(F)cc4)cccc32)C1. The third-order valence-corrected chi connectivity index (χ3v) is 6.30. The molecule has 0 aliphatic carbocycles. The Bertz CT molecular complexity index is 1020. The lowest BCUT2D eigenvalue weighted by molar-refractivity contribution is -0.134. The van der Waals surface area contributed by atoms with Gasteiger partial charge in [-0.25, -0.2) is 4.39 Å². The second-order valence-corrected chi connectivity index (χ2v) is 8.39. The van der Waals surface area contributed by atoms with E-state index in [0.29, 0.717) is 37.3 Å². The van der Waals surface area contributed by atoms with Crippen molar-refractivity contribution in [3.05, 3.63) is 59.4 Å². The number of anilines is 2.